The molecular weight excluding hydrogens is 328 g/mol. The van der Waals surface area contributed by atoms with Crippen molar-refractivity contribution >= 4 is 29.4 Å². The quantitative estimate of drug-likeness (QED) is 0.515. The Kier molecular flexibility index (Phi) is 5.44. The predicted molar refractivity (Wildman–Crippen MR) is 93.4 cm³/mol. The molecule has 3 rings (SSSR count). The van der Waals surface area contributed by atoms with Crippen LogP contribution in [0.4, 0.5) is 10.5 Å². The number of rotatable bonds is 7. The van der Waals surface area contributed by atoms with Crippen molar-refractivity contribution in [3.05, 3.63) is 18.3 Å². The first kappa shape index (κ1) is 16.9. The van der Waals surface area contributed by atoms with Gasteiger partial charge in [-0.25, -0.2) is 9.78 Å². The minimum atomic E-state index is -0.0530. The molecule has 3 amide bonds. The Bertz CT molecular complexity index is 595. The number of anilines is 1. The van der Waals surface area contributed by atoms with Crippen LogP contribution in [0.15, 0.2) is 18.3 Å². The number of urea groups is 1. The molecule has 2 saturated heterocycles. The highest BCUT2D eigenvalue weighted by molar-refractivity contribution is 8.00. The lowest BCUT2D eigenvalue weighted by Gasteiger charge is -2.16. The molecule has 130 valence electrons. The number of nitrogens with zero attached hydrogens (tertiary/aromatic N) is 1. The van der Waals surface area contributed by atoms with Gasteiger partial charge < -0.3 is 20.7 Å². The first-order chi connectivity index (χ1) is 11.7. The van der Waals surface area contributed by atoms with E-state index in [0.717, 1.165) is 25.0 Å². The van der Waals surface area contributed by atoms with Crippen LogP contribution in [0.1, 0.15) is 25.7 Å². The van der Waals surface area contributed by atoms with Crippen LogP contribution in [-0.2, 0) is 4.79 Å². The van der Waals surface area contributed by atoms with Crippen LogP contribution in [0.3, 0.4) is 0 Å². The number of carbonyl (C=O) groups is 2. The van der Waals surface area contributed by atoms with Crippen LogP contribution >= 0.6 is 11.8 Å². The average Bonchev–Trinajstić information content (AvgIpc) is 3.12. The summed E-state index contributed by atoms with van der Waals surface area (Å²) < 4.78 is 4.98. The number of thioether (sulfide) groups is 1. The van der Waals surface area contributed by atoms with Gasteiger partial charge in [0.25, 0.3) is 0 Å². The van der Waals surface area contributed by atoms with Crippen molar-refractivity contribution in [2.45, 2.75) is 43.0 Å². The van der Waals surface area contributed by atoms with Gasteiger partial charge in [-0.1, -0.05) is 6.42 Å². The molecule has 2 fully saturated rings. The molecule has 2 aliphatic rings. The highest BCUT2D eigenvalue weighted by Crippen LogP contribution is 2.33. The molecule has 24 heavy (non-hydrogen) atoms. The molecule has 2 aliphatic heterocycles. The topological polar surface area (TPSA) is 92.4 Å². The number of nitrogens with one attached hydrogen (secondary N) is 3. The molecule has 7 nitrogen and oxygen atoms in total. The van der Waals surface area contributed by atoms with Gasteiger partial charge in [0.2, 0.25) is 11.8 Å². The lowest BCUT2D eigenvalue weighted by Crippen LogP contribution is -2.36. The maximum Gasteiger partial charge on any atom is 0.315 e. The van der Waals surface area contributed by atoms with E-state index >= 15 is 0 Å². The number of hydrogen-bond acceptors (Lipinski definition) is 5. The maximum absolute atomic E-state index is 11.9. The number of aromatic nitrogens is 1. The maximum atomic E-state index is 11.9. The summed E-state index contributed by atoms with van der Waals surface area (Å²) in [5.41, 5.74) is 0.676. The monoisotopic (exact) mass is 350 g/mol. The molecule has 0 saturated carbocycles. The summed E-state index contributed by atoms with van der Waals surface area (Å²) in [5.74, 6) is 1.49. The van der Waals surface area contributed by atoms with Crippen molar-refractivity contribution in [1.82, 2.24) is 15.6 Å². The fourth-order valence-electron chi connectivity index (χ4n) is 3.07. The van der Waals surface area contributed by atoms with Gasteiger partial charge in [-0.15, -0.1) is 0 Å². The predicted octanol–water partition coefficient (Wildman–Crippen LogP) is 1.75. The van der Waals surface area contributed by atoms with Crippen molar-refractivity contribution in [3.8, 4) is 5.88 Å². The molecular formula is C16H22N4O3S. The first-order valence-corrected chi connectivity index (χ1v) is 9.19. The molecule has 0 bridgehead atoms. The van der Waals surface area contributed by atoms with Gasteiger partial charge in [-0.2, -0.15) is 11.8 Å². The van der Waals surface area contributed by atoms with Crippen molar-refractivity contribution in [2.24, 2.45) is 0 Å². The van der Waals surface area contributed by atoms with E-state index in [9.17, 15) is 9.59 Å². The van der Waals surface area contributed by atoms with Crippen LogP contribution in [-0.4, -0.2) is 47.1 Å². The van der Waals surface area contributed by atoms with Crippen LogP contribution in [0.25, 0.3) is 0 Å². The molecule has 3 unspecified atom stereocenters. The molecule has 0 spiro atoms. The van der Waals surface area contributed by atoms with E-state index in [1.807, 2.05) is 11.8 Å². The van der Waals surface area contributed by atoms with Crippen molar-refractivity contribution in [2.75, 3.05) is 18.2 Å². The normalized spacial score (nSPS) is 24.9. The van der Waals surface area contributed by atoms with Gasteiger partial charge in [0.15, 0.2) is 0 Å². The number of pyridine rings is 1. The van der Waals surface area contributed by atoms with E-state index in [1.165, 1.54) is 0 Å². The van der Waals surface area contributed by atoms with Crippen LogP contribution in [0.2, 0.25) is 0 Å². The average molecular weight is 350 g/mol. The zero-order valence-electron chi connectivity index (χ0n) is 13.6. The standard InChI is InChI=1S/C16H22N4O3S/c1-23-14-7-6-10(8-17-14)18-13(21)5-3-2-4-12-15-11(9-24-12)19-16(22)20-15/h6-8,11-12,15H,2-5,9H2,1H3,(H,18,21)(H2,19,20,22). The summed E-state index contributed by atoms with van der Waals surface area (Å²) in [6.45, 7) is 0. The van der Waals surface area contributed by atoms with E-state index in [-0.39, 0.29) is 24.0 Å². The van der Waals surface area contributed by atoms with Crippen LogP contribution < -0.4 is 20.7 Å². The zero-order valence-corrected chi connectivity index (χ0v) is 14.4. The number of ether oxygens (including phenoxy) is 1. The van der Waals surface area contributed by atoms with Gasteiger partial charge in [-0.3, -0.25) is 4.79 Å². The molecule has 1 aromatic rings. The van der Waals surface area contributed by atoms with Crippen LogP contribution in [0.5, 0.6) is 5.88 Å². The van der Waals surface area contributed by atoms with Crippen molar-refractivity contribution in [3.63, 3.8) is 0 Å². The number of amides is 3. The van der Waals surface area contributed by atoms with Gasteiger partial charge in [0, 0.05) is 23.5 Å². The molecule has 8 heteroatoms. The van der Waals surface area contributed by atoms with Crippen molar-refractivity contribution in [1.29, 1.82) is 0 Å². The number of fused-ring (bicyclic) bond motifs is 1. The fourth-order valence-corrected chi connectivity index (χ4v) is 4.62. The summed E-state index contributed by atoms with van der Waals surface area (Å²) in [6.07, 6.45) is 4.91. The fraction of sp³-hybridized carbons (Fsp3) is 0.562. The highest BCUT2D eigenvalue weighted by atomic mass is 32.2. The van der Waals surface area contributed by atoms with E-state index in [4.69, 9.17) is 4.74 Å². The third-order valence-corrected chi connectivity index (χ3v) is 5.82. The van der Waals surface area contributed by atoms with Crippen LogP contribution in [0, 0.1) is 0 Å². The largest absolute Gasteiger partial charge is 0.481 e. The van der Waals surface area contributed by atoms with Gasteiger partial charge in [-0.05, 0) is 18.9 Å². The van der Waals surface area contributed by atoms with E-state index < -0.39 is 0 Å². The molecule has 1 aromatic heterocycles. The Hall–Kier alpha value is -1.96. The lowest BCUT2D eigenvalue weighted by atomic mass is 10.0. The number of methoxy groups -OCH3 is 1. The smallest absolute Gasteiger partial charge is 0.315 e. The number of carbonyl (C=O) groups excluding carboxylic acids is 2. The molecule has 3 atom stereocenters. The van der Waals surface area contributed by atoms with Gasteiger partial charge in [0.1, 0.15) is 0 Å². The highest BCUT2D eigenvalue weighted by Gasteiger charge is 2.42. The lowest BCUT2D eigenvalue weighted by molar-refractivity contribution is -0.116. The SMILES string of the molecule is COc1ccc(NC(=O)CCCCC2SCC3NC(=O)NC32)cn1. The third-order valence-electron chi connectivity index (χ3n) is 4.31. The summed E-state index contributed by atoms with van der Waals surface area (Å²) in [7, 11) is 1.55. The van der Waals surface area contributed by atoms with Gasteiger partial charge in [0.05, 0.1) is 31.1 Å². The Balaban J connectivity index is 1.34. The Morgan fingerprint density at radius 2 is 2.29 bits per heavy atom. The van der Waals surface area contributed by atoms with Crippen molar-refractivity contribution < 1.29 is 14.3 Å². The zero-order chi connectivity index (χ0) is 16.9. The number of unbranched alkanes of at least 4 members (excludes halogenated alkanes) is 1. The summed E-state index contributed by atoms with van der Waals surface area (Å²) >= 11 is 1.90. The molecule has 0 aliphatic carbocycles. The van der Waals surface area contributed by atoms with E-state index in [2.05, 4.69) is 20.9 Å². The second-order valence-electron chi connectivity index (χ2n) is 6.01. The first-order valence-electron chi connectivity index (χ1n) is 8.14. The summed E-state index contributed by atoms with van der Waals surface area (Å²) in [6, 6.07) is 3.94. The molecule has 0 aromatic carbocycles. The summed E-state index contributed by atoms with van der Waals surface area (Å²) in [5, 5.41) is 9.21. The summed E-state index contributed by atoms with van der Waals surface area (Å²) in [4.78, 5) is 27.3. The number of hydrogen-bond donors (Lipinski definition) is 3. The Morgan fingerprint density at radius 1 is 1.42 bits per heavy atom. The minimum Gasteiger partial charge on any atom is -0.481 e. The van der Waals surface area contributed by atoms with Gasteiger partial charge >= 0.3 is 6.03 Å². The second-order valence-corrected chi connectivity index (χ2v) is 7.28. The second kappa shape index (κ2) is 7.74. The minimum absolute atomic E-state index is 0.00486. The Labute approximate surface area is 145 Å². The third kappa shape index (κ3) is 4.11. The van der Waals surface area contributed by atoms with E-state index in [1.54, 1.807) is 25.4 Å². The van der Waals surface area contributed by atoms with E-state index in [0.29, 0.717) is 23.2 Å². The molecule has 0 radical (unpaired) electrons. The molecule has 3 N–H and O–H groups in total. The molecule has 3 heterocycles. The Morgan fingerprint density at radius 3 is 3.04 bits per heavy atom.